The molecule has 7 aliphatic rings. The Labute approximate surface area is 308 Å². The predicted octanol–water partition coefficient (Wildman–Crippen LogP) is 2.44. The van der Waals surface area contributed by atoms with Crippen molar-refractivity contribution in [3.05, 3.63) is 11.8 Å². The Bertz CT molecular complexity index is 1680. The van der Waals surface area contributed by atoms with Gasteiger partial charge in [0.15, 0.2) is 11.4 Å². The van der Waals surface area contributed by atoms with E-state index in [0.29, 0.717) is 0 Å². The molecule has 6 fully saturated rings. The molecule has 0 aromatic heterocycles. The van der Waals surface area contributed by atoms with Gasteiger partial charge in [-0.15, -0.1) is 0 Å². The Morgan fingerprint density at radius 1 is 0.849 bits per heavy atom. The molecule has 292 valence electrons. The summed E-state index contributed by atoms with van der Waals surface area (Å²) in [7, 11) is 0. The van der Waals surface area contributed by atoms with Crippen LogP contribution in [0.4, 0.5) is 0 Å². The van der Waals surface area contributed by atoms with E-state index < -0.39 is 142 Å². The molecule has 0 spiro atoms. The summed E-state index contributed by atoms with van der Waals surface area (Å²) in [4.78, 5) is 81.1. The average molecular weight is 745 g/mol. The molecule has 14 nitrogen and oxygen atoms in total. The molecule has 0 aromatic carbocycles. The van der Waals surface area contributed by atoms with Crippen LogP contribution in [0.25, 0.3) is 0 Å². The maximum atomic E-state index is 14.7. The fraction of sp³-hybridized carbons (Fsp3) is 0.795. The number of ketones is 1. The number of carbonyl (C=O) groups excluding carboxylic acids is 6. The Morgan fingerprint density at radius 3 is 2.02 bits per heavy atom. The number of hydrogen-bond acceptors (Lipinski definition) is 14. The van der Waals surface area contributed by atoms with E-state index in [9.17, 15) is 39.0 Å². The van der Waals surface area contributed by atoms with Crippen LogP contribution in [0.5, 0.6) is 0 Å². The molecule has 14 heteroatoms. The first-order valence-corrected chi connectivity index (χ1v) is 18.8. The van der Waals surface area contributed by atoms with Crippen LogP contribution in [0.15, 0.2) is 11.8 Å². The molecular weight excluding hydrogens is 692 g/mol. The number of hydrogen-bond donors (Lipinski definition) is 2. The Balaban J connectivity index is 1.53. The van der Waals surface area contributed by atoms with Crippen molar-refractivity contribution in [1.29, 1.82) is 0 Å². The van der Waals surface area contributed by atoms with E-state index in [4.69, 9.17) is 28.4 Å². The lowest BCUT2D eigenvalue weighted by molar-refractivity contribution is -0.273. The van der Waals surface area contributed by atoms with Gasteiger partial charge in [0.2, 0.25) is 0 Å². The van der Waals surface area contributed by atoms with E-state index >= 15 is 0 Å². The number of rotatable bonds is 6. The molecule has 0 radical (unpaired) electrons. The first-order valence-electron chi connectivity index (χ1n) is 18.8. The summed E-state index contributed by atoms with van der Waals surface area (Å²) in [5.41, 5.74) is -6.27. The molecule has 2 heterocycles. The van der Waals surface area contributed by atoms with Crippen molar-refractivity contribution in [3.8, 4) is 0 Å². The first-order chi connectivity index (χ1) is 24.5. The number of aliphatic hydroxyl groups is 2. The van der Waals surface area contributed by atoms with E-state index in [1.54, 1.807) is 19.9 Å². The van der Waals surface area contributed by atoms with E-state index in [1.165, 1.54) is 27.7 Å². The fourth-order valence-electron chi connectivity index (χ4n) is 12.6. The van der Waals surface area contributed by atoms with Crippen molar-refractivity contribution in [1.82, 2.24) is 0 Å². The molecule has 2 N–H and O–H groups in total. The van der Waals surface area contributed by atoms with Crippen LogP contribution in [0.1, 0.15) is 82.1 Å². The van der Waals surface area contributed by atoms with Crippen LogP contribution >= 0.6 is 0 Å². The monoisotopic (exact) mass is 744 g/mol. The summed E-state index contributed by atoms with van der Waals surface area (Å²) in [6.45, 7) is 15.9. The summed E-state index contributed by atoms with van der Waals surface area (Å²) in [5, 5.41) is 24.5. The lowest BCUT2D eigenvalue weighted by Crippen LogP contribution is -2.74. The molecule has 0 amide bonds. The largest absolute Gasteiger partial charge is 0.462 e. The maximum absolute atomic E-state index is 14.7. The summed E-state index contributed by atoms with van der Waals surface area (Å²) < 4.78 is 36.8. The third-order valence-electron chi connectivity index (χ3n) is 14.6. The van der Waals surface area contributed by atoms with E-state index in [2.05, 4.69) is 0 Å². The van der Waals surface area contributed by atoms with Gasteiger partial charge in [0.05, 0.1) is 11.5 Å². The molecule has 53 heavy (non-hydrogen) atoms. The second-order valence-corrected chi connectivity index (χ2v) is 17.9. The van der Waals surface area contributed by atoms with Gasteiger partial charge in [-0.05, 0) is 44.1 Å². The predicted molar refractivity (Wildman–Crippen MR) is 180 cm³/mol. The zero-order valence-electron chi connectivity index (χ0n) is 31.9. The van der Waals surface area contributed by atoms with E-state index in [0.717, 1.165) is 0 Å². The van der Waals surface area contributed by atoms with Crippen LogP contribution < -0.4 is 0 Å². The standard InChI is InChI=1S/C39H52O14/c1-14(2)11-22(43)53-31-25-23-26(36(7)19(28(44)29(23)45)13-20-30(51-20)33(36)49-17(5)41)32(48-16(4)40)34(50-18(6)42)37(25,8)24-15(3)12-21-38(9,27(24)31)39(10,47)35(46)52-21/h12,14-15,19-20,23-27,29-34,45,47H,11,13H2,1-10H3/t15-,19-,20+,23+,24+,25-,26-,27+,29-,30+,31-,32+,33+,34+,36+,37-,38+,39-/m1/s1. The minimum Gasteiger partial charge on any atom is -0.462 e. The fourth-order valence-corrected chi connectivity index (χ4v) is 12.6. The Morgan fingerprint density at radius 2 is 1.43 bits per heavy atom. The van der Waals surface area contributed by atoms with Crippen LogP contribution in [0.3, 0.4) is 0 Å². The van der Waals surface area contributed by atoms with Crippen molar-refractivity contribution in [2.75, 3.05) is 0 Å². The SMILES string of the molecule is CC(=O)O[C@H]1[C@H]2[C@H]([C@@H]3[C@@H](OC(=O)CC(C)C)[C@@H]4[C@H]([C@H](C)C=C5OC(=O)[C@@](C)(O)[C@@]54C)[C@@]3(C)[C@H]1OC(C)=O)[C@@H](O)C(=O)[C@H]1C[C@@H]3O[C@@H]3[C@H](OC(C)=O)[C@]21C. The summed E-state index contributed by atoms with van der Waals surface area (Å²) in [6, 6.07) is 0. The lowest BCUT2D eigenvalue weighted by atomic mass is 9.41. The summed E-state index contributed by atoms with van der Waals surface area (Å²) in [5.74, 6) is -9.95. The topological polar surface area (TPSA) is 202 Å². The molecule has 2 saturated heterocycles. The molecule has 18 atom stereocenters. The van der Waals surface area contributed by atoms with Gasteiger partial charge in [0, 0.05) is 67.6 Å². The van der Waals surface area contributed by atoms with Crippen LogP contribution in [0, 0.1) is 63.6 Å². The zero-order chi connectivity index (χ0) is 39.1. The first kappa shape index (κ1) is 37.9. The number of fused-ring (bicyclic) bond motifs is 10. The van der Waals surface area contributed by atoms with Gasteiger partial charge in [0.25, 0.3) is 0 Å². The summed E-state index contributed by atoms with van der Waals surface area (Å²) in [6.07, 6.45) is -5.40. The molecule has 2 aliphatic heterocycles. The second-order valence-electron chi connectivity index (χ2n) is 17.9. The average Bonchev–Trinajstić information content (AvgIpc) is 3.72. The molecule has 0 unspecified atom stereocenters. The van der Waals surface area contributed by atoms with Gasteiger partial charge in [-0.25, -0.2) is 4.79 Å². The van der Waals surface area contributed by atoms with Gasteiger partial charge in [-0.1, -0.05) is 34.6 Å². The highest BCUT2D eigenvalue weighted by atomic mass is 16.6. The minimum atomic E-state index is -2.11. The third-order valence-corrected chi connectivity index (χ3v) is 14.6. The van der Waals surface area contributed by atoms with Crippen LogP contribution in [0.2, 0.25) is 0 Å². The highest BCUT2D eigenvalue weighted by Crippen LogP contribution is 2.76. The third kappa shape index (κ3) is 4.99. The second kappa shape index (κ2) is 12.1. The van der Waals surface area contributed by atoms with Gasteiger partial charge in [-0.3, -0.25) is 24.0 Å². The number of ether oxygens (including phenoxy) is 6. The Hall–Kier alpha value is -3.36. The molecule has 4 saturated carbocycles. The number of carbonyl (C=O) groups is 6. The van der Waals surface area contributed by atoms with Gasteiger partial charge < -0.3 is 38.6 Å². The van der Waals surface area contributed by atoms with Crippen LogP contribution in [-0.4, -0.2) is 94.2 Å². The molecular formula is C39H52O14. The maximum Gasteiger partial charge on any atom is 0.343 e. The number of Topliss-reactive ketones (excluding diaryl/α,β-unsaturated/α-hetero) is 1. The highest BCUT2D eigenvalue weighted by Gasteiger charge is 2.83. The van der Waals surface area contributed by atoms with Gasteiger partial charge in [-0.2, -0.15) is 0 Å². The Kier molecular flexibility index (Phi) is 8.64. The quantitative estimate of drug-likeness (QED) is 0.228. The molecule has 5 aliphatic carbocycles. The smallest absolute Gasteiger partial charge is 0.343 e. The normalized spacial score (nSPS) is 50.2. The molecule has 0 bridgehead atoms. The summed E-state index contributed by atoms with van der Waals surface area (Å²) >= 11 is 0. The number of esters is 5. The van der Waals surface area contributed by atoms with Gasteiger partial charge in [0.1, 0.15) is 42.4 Å². The lowest BCUT2D eigenvalue weighted by Gasteiger charge is -2.65. The molecule has 7 rings (SSSR count). The minimum absolute atomic E-state index is 0.0197. The van der Waals surface area contributed by atoms with Gasteiger partial charge >= 0.3 is 29.8 Å². The highest BCUT2D eigenvalue weighted by molar-refractivity contribution is 5.88. The van der Waals surface area contributed by atoms with E-state index in [1.807, 2.05) is 27.7 Å². The van der Waals surface area contributed by atoms with Crippen molar-refractivity contribution in [2.24, 2.45) is 63.6 Å². The van der Waals surface area contributed by atoms with Crippen molar-refractivity contribution in [3.63, 3.8) is 0 Å². The number of epoxide rings is 1. The number of allylic oxidation sites excluding steroid dienone is 1. The van der Waals surface area contributed by atoms with Crippen LogP contribution in [-0.2, 0) is 57.2 Å². The number of aliphatic hydroxyl groups excluding tert-OH is 1. The molecule has 0 aromatic rings. The van der Waals surface area contributed by atoms with Crippen molar-refractivity contribution >= 4 is 35.6 Å². The van der Waals surface area contributed by atoms with Crippen molar-refractivity contribution < 1.29 is 67.4 Å². The van der Waals surface area contributed by atoms with Crippen molar-refractivity contribution in [2.45, 2.75) is 130 Å². The van der Waals surface area contributed by atoms with E-state index in [-0.39, 0.29) is 24.5 Å². The zero-order valence-corrected chi connectivity index (χ0v) is 31.9.